The van der Waals surface area contributed by atoms with Gasteiger partial charge >= 0.3 is 0 Å². The standard InChI is InChI=1S/C19H33N5O4S/c1-6-20-18(22-14-17(25)24-19(2,3)4)21-13-15-8-7-9-16(12-15)29(26,27)23-10-11-28-5/h7-9,12,23H,6,10-11,13-14H2,1-5H3,(H,24,25)(H2,20,21,22). The van der Waals surface area contributed by atoms with Gasteiger partial charge in [-0.1, -0.05) is 12.1 Å². The zero-order valence-electron chi connectivity index (χ0n) is 17.8. The van der Waals surface area contributed by atoms with Crippen molar-refractivity contribution >= 4 is 21.9 Å². The van der Waals surface area contributed by atoms with Crippen LogP contribution in [0.2, 0.25) is 0 Å². The van der Waals surface area contributed by atoms with E-state index < -0.39 is 10.0 Å². The number of benzene rings is 1. The second-order valence-electron chi connectivity index (χ2n) is 7.38. The molecule has 0 spiro atoms. The van der Waals surface area contributed by atoms with Crippen molar-refractivity contribution in [3.63, 3.8) is 0 Å². The highest BCUT2D eigenvalue weighted by molar-refractivity contribution is 7.89. The maximum Gasteiger partial charge on any atom is 0.240 e. The molecule has 1 amide bonds. The normalized spacial score (nSPS) is 12.5. The molecule has 0 saturated carbocycles. The highest BCUT2D eigenvalue weighted by atomic mass is 32.2. The van der Waals surface area contributed by atoms with Crippen LogP contribution < -0.4 is 20.7 Å². The summed E-state index contributed by atoms with van der Waals surface area (Å²) in [5.41, 5.74) is 0.424. The van der Waals surface area contributed by atoms with Gasteiger partial charge in [-0.2, -0.15) is 0 Å². The minimum atomic E-state index is -3.61. The Morgan fingerprint density at radius 1 is 1.21 bits per heavy atom. The van der Waals surface area contributed by atoms with E-state index in [9.17, 15) is 13.2 Å². The summed E-state index contributed by atoms with van der Waals surface area (Å²) in [6.45, 7) is 9.13. The lowest BCUT2D eigenvalue weighted by atomic mass is 10.1. The van der Waals surface area contributed by atoms with Gasteiger partial charge in [-0.05, 0) is 45.4 Å². The van der Waals surface area contributed by atoms with Crippen molar-refractivity contribution in [2.24, 2.45) is 4.99 Å². The van der Waals surface area contributed by atoms with E-state index in [1.165, 1.54) is 13.2 Å². The third-order valence-electron chi connectivity index (χ3n) is 3.50. The smallest absolute Gasteiger partial charge is 0.240 e. The van der Waals surface area contributed by atoms with Gasteiger partial charge < -0.3 is 20.7 Å². The number of sulfonamides is 1. The van der Waals surface area contributed by atoms with Crippen molar-refractivity contribution in [3.8, 4) is 0 Å². The molecule has 0 aliphatic rings. The number of nitrogens with one attached hydrogen (secondary N) is 4. The molecule has 1 rings (SSSR count). The number of methoxy groups -OCH3 is 1. The molecule has 0 bridgehead atoms. The molecule has 0 fully saturated rings. The van der Waals surface area contributed by atoms with Gasteiger partial charge in [0.05, 0.1) is 24.6 Å². The maximum absolute atomic E-state index is 12.3. The third-order valence-corrected chi connectivity index (χ3v) is 4.96. The molecule has 0 saturated heterocycles. The molecule has 1 aromatic carbocycles. The number of aliphatic imine (C=N–C) groups is 1. The average Bonchev–Trinajstić information content (AvgIpc) is 2.63. The summed E-state index contributed by atoms with van der Waals surface area (Å²) in [5, 5.41) is 8.91. The van der Waals surface area contributed by atoms with E-state index >= 15 is 0 Å². The number of amides is 1. The Kier molecular flexibility index (Phi) is 10.1. The first-order valence-corrected chi connectivity index (χ1v) is 11.0. The van der Waals surface area contributed by atoms with Crippen LogP contribution in [-0.2, 0) is 26.1 Å². The predicted octanol–water partition coefficient (Wildman–Crippen LogP) is 0.581. The molecule has 10 heteroatoms. The highest BCUT2D eigenvalue weighted by Gasteiger charge is 2.15. The van der Waals surface area contributed by atoms with Gasteiger partial charge in [0.1, 0.15) is 0 Å². The summed E-state index contributed by atoms with van der Waals surface area (Å²) in [7, 11) is -2.10. The molecule has 0 atom stereocenters. The Labute approximate surface area is 173 Å². The molecule has 4 N–H and O–H groups in total. The minimum Gasteiger partial charge on any atom is -0.383 e. The number of carbonyl (C=O) groups excluding carboxylic acids is 1. The topological polar surface area (TPSA) is 121 Å². The Hall–Kier alpha value is -2.17. The molecule has 0 heterocycles. The number of hydrogen-bond acceptors (Lipinski definition) is 5. The van der Waals surface area contributed by atoms with Crippen LogP contribution in [-0.4, -0.2) is 59.2 Å². The second-order valence-corrected chi connectivity index (χ2v) is 9.15. The summed E-state index contributed by atoms with van der Waals surface area (Å²) in [4.78, 5) is 16.6. The SMILES string of the molecule is CCNC(=NCc1cccc(S(=O)(=O)NCCOC)c1)NCC(=O)NC(C)(C)C. The van der Waals surface area contributed by atoms with Gasteiger partial charge in [0.25, 0.3) is 0 Å². The van der Waals surface area contributed by atoms with E-state index in [1.54, 1.807) is 18.2 Å². The number of hydrogen-bond donors (Lipinski definition) is 4. The zero-order valence-corrected chi connectivity index (χ0v) is 18.6. The molecule has 1 aromatic rings. The van der Waals surface area contributed by atoms with E-state index in [0.717, 1.165) is 5.56 Å². The van der Waals surface area contributed by atoms with Crippen LogP contribution in [0.5, 0.6) is 0 Å². The van der Waals surface area contributed by atoms with Gasteiger partial charge in [0.2, 0.25) is 15.9 Å². The maximum atomic E-state index is 12.3. The van der Waals surface area contributed by atoms with Crippen LogP contribution in [0.25, 0.3) is 0 Å². The van der Waals surface area contributed by atoms with Crippen molar-refractivity contribution in [2.75, 3.05) is 33.4 Å². The van der Waals surface area contributed by atoms with Gasteiger partial charge in [-0.3, -0.25) is 4.79 Å². The van der Waals surface area contributed by atoms with E-state index in [1.807, 2.05) is 27.7 Å². The fourth-order valence-electron chi connectivity index (χ4n) is 2.31. The number of carbonyl (C=O) groups is 1. The fourth-order valence-corrected chi connectivity index (χ4v) is 3.39. The van der Waals surface area contributed by atoms with Gasteiger partial charge in [-0.15, -0.1) is 0 Å². The van der Waals surface area contributed by atoms with Crippen molar-refractivity contribution < 1.29 is 17.9 Å². The van der Waals surface area contributed by atoms with Gasteiger partial charge in [-0.25, -0.2) is 18.1 Å². The first-order valence-electron chi connectivity index (χ1n) is 9.48. The van der Waals surface area contributed by atoms with Gasteiger partial charge in [0.15, 0.2) is 5.96 Å². The lowest BCUT2D eigenvalue weighted by Gasteiger charge is -2.21. The largest absolute Gasteiger partial charge is 0.383 e. The highest BCUT2D eigenvalue weighted by Crippen LogP contribution is 2.12. The molecular weight excluding hydrogens is 394 g/mol. The molecule has 164 valence electrons. The molecule has 9 nitrogen and oxygen atoms in total. The summed E-state index contributed by atoms with van der Waals surface area (Å²) in [6, 6.07) is 6.58. The Morgan fingerprint density at radius 2 is 1.93 bits per heavy atom. The van der Waals surface area contributed by atoms with Crippen LogP contribution >= 0.6 is 0 Å². The molecular formula is C19H33N5O4S. The summed E-state index contributed by atoms with van der Waals surface area (Å²) in [6.07, 6.45) is 0. The summed E-state index contributed by atoms with van der Waals surface area (Å²) in [5.74, 6) is 0.335. The lowest BCUT2D eigenvalue weighted by molar-refractivity contribution is -0.121. The van der Waals surface area contributed by atoms with E-state index in [-0.39, 0.29) is 36.0 Å². The first-order chi connectivity index (χ1) is 13.6. The average molecular weight is 428 g/mol. The van der Waals surface area contributed by atoms with E-state index in [0.29, 0.717) is 19.1 Å². The monoisotopic (exact) mass is 427 g/mol. The Morgan fingerprint density at radius 3 is 2.55 bits per heavy atom. The number of rotatable bonds is 10. The van der Waals surface area contributed by atoms with E-state index in [2.05, 4.69) is 25.7 Å². The zero-order chi connectivity index (χ0) is 21.9. The van der Waals surface area contributed by atoms with Gasteiger partial charge in [0, 0.05) is 25.7 Å². The predicted molar refractivity (Wildman–Crippen MR) is 114 cm³/mol. The van der Waals surface area contributed by atoms with Crippen LogP contribution in [0.15, 0.2) is 34.2 Å². The van der Waals surface area contributed by atoms with Crippen molar-refractivity contribution in [3.05, 3.63) is 29.8 Å². The number of ether oxygens (including phenoxy) is 1. The first kappa shape index (κ1) is 24.9. The second kappa shape index (κ2) is 11.7. The molecule has 0 unspecified atom stereocenters. The van der Waals surface area contributed by atoms with E-state index in [4.69, 9.17) is 4.74 Å². The third kappa shape index (κ3) is 10.2. The van der Waals surface area contributed by atoms with Crippen molar-refractivity contribution in [2.45, 2.75) is 44.7 Å². The van der Waals surface area contributed by atoms with Crippen LogP contribution in [0.1, 0.15) is 33.3 Å². The van der Waals surface area contributed by atoms with Crippen LogP contribution in [0.3, 0.4) is 0 Å². The summed E-state index contributed by atoms with van der Waals surface area (Å²) >= 11 is 0. The van der Waals surface area contributed by atoms with Crippen molar-refractivity contribution in [1.29, 1.82) is 0 Å². The van der Waals surface area contributed by atoms with Crippen LogP contribution in [0, 0.1) is 0 Å². The molecule has 0 radical (unpaired) electrons. The fraction of sp³-hybridized carbons (Fsp3) is 0.579. The molecule has 0 aliphatic heterocycles. The Bertz CT molecular complexity index is 788. The Balaban J connectivity index is 2.78. The molecule has 0 aliphatic carbocycles. The number of guanidine groups is 1. The minimum absolute atomic E-state index is 0.0843. The molecule has 29 heavy (non-hydrogen) atoms. The summed E-state index contributed by atoms with van der Waals surface area (Å²) < 4.78 is 32.0. The quantitative estimate of drug-likeness (QED) is 0.246. The van der Waals surface area contributed by atoms with Crippen molar-refractivity contribution in [1.82, 2.24) is 20.7 Å². The lowest BCUT2D eigenvalue weighted by Crippen LogP contribution is -2.48. The number of nitrogens with zero attached hydrogens (tertiary/aromatic N) is 1. The molecule has 0 aromatic heterocycles. The van der Waals surface area contributed by atoms with Crippen LogP contribution in [0.4, 0.5) is 0 Å².